The molecule has 2 aromatic heterocycles. The summed E-state index contributed by atoms with van der Waals surface area (Å²) in [6, 6.07) is 12.8. The van der Waals surface area contributed by atoms with E-state index in [0.29, 0.717) is 17.8 Å². The van der Waals surface area contributed by atoms with Gasteiger partial charge in [-0.1, -0.05) is 18.2 Å². The Labute approximate surface area is 139 Å². The molecule has 0 aliphatic carbocycles. The van der Waals surface area contributed by atoms with Gasteiger partial charge in [0.25, 0.3) is 5.56 Å². The minimum atomic E-state index is -0.160. The summed E-state index contributed by atoms with van der Waals surface area (Å²) in [7, 11) is 3.47. The van der Waals surface area contributed by atoms with E-state index in [2.05, 4.69) is 10.3 Å². The van der Waals surface area contributed by atoms with Crippen LogP contribution >= 0.6 is 0 Å². The fraction of sp³-hybridized carbons (Fsp3) is 0.167. The van der Waals surface area contributed by atoms with Crippen LogP contribution in [0, 0.1) is 0 Å². The van der Waals surface area contributed by atoms with Crippen molar-refractivity contribution in [1.29, 1.82) is 0 Å². The van der Waals surface area contributed by atoms with Gasteiger partial charge in [-0.15, -0.1) is 0 Å². The van der Waals surface area contributed by atoms with Crippen molar-refractivity contribution in [3.63, 3.8) is 0 Å². The molecule has 0 fully saturated rings. The maximum absolute atomic E-state index is 12.4. The second kappa shape index (κ2) is 6.54. The first kappa shape index (κ1) is 15.7. The molecule has 1 N–H and O–H groups in total. The molecule has 2 heterocycles. The van der Waals surface area contributed by atoms with Gasteiger partial charge in [0.15, 0.2) is 0 Å². The second-order valence-electron chi connectivity index (χ2n) is 5.69. The number of carbonyl (C=O) groups excluding carboxylic acids is 1. The van der Waals surface area contributed by atoms with Gasteiger partial charge in [-0.3, -0.25) is 14.0 Å². The summed E-state index contributed by atoms with van der Waals surface area (Å²) in [5.74, 6) is 0.0488. The molecule has 0 saturated heterocycles. The number of amides is 1. The Bertz CT molecular complexity index is 930. The number of benzene rings is 1. The summed E-state index contributed by atoms with van der Waals surface area (Å²) in [6.07, 6.45) is 3.57. The number of hydrogen-bond acceptors (Lipinski definition) is 4. The molecule has 0 aliphatic heterocycles. The Morgan fingerprint density at radius 2 is 1.92 bits per heavy atom. The SMILES string of the molecule is CN(C)C(=O)Cc1ccc(Nc2cnc3ccccn3c2=O)cc1. The Balaban J connectivity index is 1.80. The zero-order valence-electron chi connectivity index (χ0n) is 13.6. The molecule has 6 nitrogen and oxygen atoms in total. The summed E-state index contributed by atoms with van der Waals surface area (Å²) < 4.78 is 1.49. The third-order valence-corrected chi connectivity index (χ3v) is 3.70. The molecule has 3 aromatic rings. The molecular formula is C18H18N4O2. The first-order valence-electron chi connectivity index (χ1n) is 7.57. The molecule has 0 atom stereocenters. The predicted octanol–water partition coefficient (Wildman–Crippen LogP) is 2.07. The van der Waals surface area contributed by atoms with Crippen molar-refractivity contribution in [1.82, 2.24) is 14.3 Å². The van der Waals surface area contributed by atoms with Crippen molar-refractivity contribution in [2.24, 2.45) is 0 Å². The Morgan fingerprint density at radius 3 is 2.62 bits per heavy atom. The lowest BCUT2D eigenvalue weighted by Gasteiger charge is -2.11. The number of fused-ring (bicyclic) bond motifs is 1. The lowest BCUT2D eigenvalue weighted by molar-refractivity contribution is -0.127. The van der Waals surface area contributed by atoms with E-state index in [1.165, 1.54) is 10.6 Å². The quantitative estimate of drug-likeness (QED) is 0.798. The zero-order chi connectivity index (χ0) is 17.1. The normalized spacial score (nSPS) is 10.6. The monoisotopic (exact) mass is 322 g/mol. The van der Waals surface area contributed by atoms with Crippen LogP contribution in [-0.4, -0.2) is 34.3 Å². The number of pyridine rings is 1. The maximum Gasteiger partial charge on any atom is 0.281 e. The number of hydrogen-bond donors (Lipinski definition) is 1. The van der Waals surface area contributed by atoms with Crippen LogP contribution in [0.25, 0.3) is 5.65 Å². The van der Waals surface area contributed by atoms with Crippen LogP contribution < -0.4 is 10.9 Å². The molecule has 0 unspecified atom stereocenters. The topological polar surface area (TPSA) is 66.7 Å². The average Bonchev–Trinajstić information content (AvgIpc) is 2.59. The van der Waals surface area contributed by atoms with E-state index < -0.39 is 0 Å². The standard InChI is InChI=1S/C18H18N4O2/c1-21(2)17(23)11-13-6-8-14(9-7-13)20-15-12-19-16-5-3-4-10-22(16)18(15)24/h3-10,12,20H,11H2,1-2H3. The molecule has 24 heavy (non-hydrogen) atoms. The fourth-order valence-corrected chi connectivity index (χ4v) is 2.31. The van der Waals surface area contributed by atoms with Gasteiger partial charge in [0.1, 0.15) is 11.3 Å². The molecule has 1 amide bonds. The van der Waals surface area contributed by atoms with E-state index in [-0.39, 0.29) is 11.5 Å². The maximum atomic E-state index is 12.4. The van der Waals surface area contributed by atoms with E-state index in [9.17, 15) is 9.59 Å². The molecule has 0 aliphatic rings. The van der Waals surface area contributed by atoms with Gasteiger partial charge < -0.3 is 10.2 Å². The lowest BCUT2D eigenvalue weighted by atomic mass is 10.1. The van der Waals surface area contributed by atoms with Gasteiger partial charge in [0.2, 0.25) is 5.91 Å². The van der Waals surface area contributed by atoms with Crippen molar-refractivity contribution >= 4 is 22.9 Å². The third-order valence-electron chi connectivity index (χ3n) is 3.70. The van der Waals surface area contributed by atoms with E-state index in [0.717, 1.165) is 11.3 Å². The first-order valence-corrected chi connectivity index (χ1v) is 7.57. The Kier molecular flexibility index (Phi) is 4.29. The van der Waals surface area contributed by atoms with Crippen molar-refractivity contribution in [2.45, 2.75) is 6.42 Å². The molecule has 3 rings (SSSR count). The number of rotatable bonds is 4. The van der Waals surface area contributed by atoms with Crippen molar-refractivity contribution in [3.05, 3.63) is 70.8 Å². The van der Waals surface area contributed by atoms with Crippen LogP contribution in [0.2, 0.25) is 0 Å². The third kappa shape index (κ3) is 3.27. The van der Waals surface area contributed by atoms with Gasteiger partial charge >= 0.3 is 0 Å². The van der Waals surface area contributed by atoms with Crippen molar-refractivity contribution in [3.8, 4) is 0 Å². The van der Waals surface area contributed by atoms with Gasteiger partial charge in [-0.2, -0.15) is 0 Å². The van der Waals surface area contributed by atoms with Gasteiger partial charge in [-0.25, -0.2) is 4.98 Å². The second-order valence-corrected chi connectivity index (χ2v) is 5.69. The minimum absolute atomic E-state index is 0.0488. The summed E-state index contributed by atoms with van der Waals surface area (Å²) in [6.45, 7) is 0. The number of aromatic nitrogens is 2. The number of nitrogens with one attached hydrogen (secondary N) is 1. The molecule has 6 heteroatoms. The van der Waals surface area contributed by atoms with E-state index in [4.69, 9.17) is 0 Å². The van der Waals surface area contributed by atoms with Gasteiger partial charge in [0, 0.05) is 26.0 Å². The zero-order valence-corrected chi connectivity index (χ0v) is 13.6. The van der Waals surface area contributed by atoms with Crippen LogP contribution in [0.4, 0.5) is 11.4 Å². The van der Waals surface area contributed by atoms with E-state index in [1.807, 2.05) is 30.3 Å². The largest absolute Gasteiger partial charge is 0.350 e. The number of likely N-dealkylation sites (N-methyl/N-ethyl adjacent to an activating group) is 1. The molecule has 0 saturated carbocycles. The molecule has 0 spiro atoms. The minimum Gasteiger partial charge on any atom is -0.350 e. The fourth-order valence-electron chi connectivity index (χ4n) is 2.31. The summed E-state index contributed by atoms with van der Waals surface area (Å²) in [4.78, 5) is 30.0. The number of nitrogens with zero attached hydrogens (tertiary/aromatic N) is 3. The molecule has 0 radical (unpaired) electrons. The van der Waals surface area contributed by atoms with Crippen molar-refractivity contribution in [2.75, 3.05) is 19.4 Å². The highest BCUT2D eigenvalue weighted by atomic mass is 16.2. The van der Waals surface area contributed by atoms with Gasteiger partial charge in [0.05, 0.1) is 12.6 Å². The van der Waals surface area contributed by atoms with Crippen LogP contribution in [0.15, 0.2) is 59.7 Å². The molecule has 122 valence electrons. The predicted molar refractivity (Wildman–Crippen MR) is 93.6 cm³/mol. The Morgan fingerprint density at radius 1 is 1.17 bits per heavy atom. The van der Waals surface area contributed by atoms with Crippen molar-refractivity contribution < 1.29 is 4.79 Å². The smallest absolute Gasteiger partial charge is 0.281 e. The van der Waals surface area contributed by atoms with E-state index >= 15 is 0 Å². The molecule has 1 aromatic carbocycles. The molecular weight excluding hydrogens is 304 g/mol. The lowest BCUT2D eigenvalue weighted by Crippen LogP contribution is -2.23. The van der Waals surface area contributed by atoms with Crippen LogP contribution in [0.3, 0.4) is 0 Å². The molecule has 0 bridgehead atoms. The highest BCUT2D eigenvalue weighted by molar-refractivity contribution is 5.78. The summed E-state index contributed by atoms with van der Waals surface area (Å²) >= 11 is 0. The summed E-state index contributed by atoms with van der Waals surface area (Å²) in [5.41, 5.74) is 2.53. The van der Waals surface area contributed by atoms with Crippen LogP contribution in [-0.2, 0) is 11.2 Å². The Hall–Kier alpha value is -3.15. The summed E-state index contributed by atoms with van der Waals surface area (Å²) in [5, 5.41) is 3.08. The number of anilines is 2. The highest BCUT2D eigenvalue weighted by Crippen LogP contribution is 2.15. The highest BCUT2D eigenvalue weighted by Gasteiger charge is 2.07. The number of carbonyl (C=O) groups is 1. The average molecular weight is 322 g/mol. The van der Waals surface area contributed by atoms with Crippen LogP contribution in [0.5, 0.6) is 0 Å². The van der Waals surface area contributed by atoms with E-state index in [1.54, 1.807) is 37.3 Å². The van der Waals surface area contributed by atoms with Crippen LogP contribution in [0.1, 0.15) is 5.56 Å². The first-order chi connectivity index (χ1) is 11.5. The van der Waals surface area contributed by atoms with Gasteiger partial charge in [-0.05, 0) is 29.8 Å².